The number of ether oxygens (including phenoxy) is 2. The number of benzene rings is 2. The molecule has 0 bridgehead atoms. The van der Waals surface area contributed by atoms with E-state index in [0.29, 0.717) is 13.1 Å². The fourth-order valence-corrected chi connectivity index (χ4v) is 3.93. The topological polar surface area (TPSA) is 50.8 Å². The van der Waals surface area contributed by atoms with Crippen LogP contribution in [0.2, 0.25) is 0 Å². The van der Waals surface area contributed by atoms with Gasteiger partial charge in [-0.05, 0) is 51.1 Å². The first-order chi connectivity index (χ1) is 14.1. The Labute approximate surface area is 174 Å². The maximum Gasteiger partial charge on any atom is 0.176 e. The number of rotatable bonds is 9. The zero-order valence-electron chi connectivity index (χ0n) is 17.7. The number of nitrogens with zero attached hydrogens (tertiary/aromatic N) is 1. The lowest BCUT2D eigenvalue weighted by Gasteiger charge is -2.35. The van der Waals surface area contributed by atoms with E-state index >= 15 is 0 Å². The van der Waals surface area contributed by atoms with Crippen molar-refractivity contribution in [2.75, 3.05) is 40.4 Å². The van der Waals surface area contributed by atoms with Gasteiger partial charge in [0.2, 0.25) is 0 Å². The Morgan fingerprint density at radius 3 is 2.41 bits per heavy atom. The molecule has 1 heterocycles. The molecule has 2 aromatic rings. The van der Waals surface area contributed by atoms with Crippen molar-refractivity contribution in [2.24, 2.45) is 0 Å². The fraction of sp³-hybridized carbons (Fsp3) is 0.458. The number of hydrogen-bond acceptors (Lipinski definition) is 5. The van der Waals surface area contributed by atoms with Crippen LogP contribution in [0.5, 0.6) is 11.5 Å². The molecule has 1 atom stereocenters. The first-order valence-corrected chi connectivity index (χ1v) is 10.4. The zero-order valence-corrected chi connectivity index (χ0v) is 17.7. The second kappa shape index (κ2) is 10.4. The third-order valence-electron chi connectivity index (χ3n) is 5.62. The van der Waals surface area contributed by atoms with Crippen LogP contribution in [0.3, 0.4) is 0 Å². The van der Waals surface area contributed by atoms with Gasteiger partial charge in [0.15, 0.2) is 5.78 Å². The first kappa shape index (κ1) is 21.3. The van der Waals surface area contributed by atoms with Crippen LogP contribution >= 0.6 is 0 Å². The van der Waals surface area contributed by atoms with E-state index in [1.54, 1.807) is 14.2 Å². The molecule has 29 heavy (non-hydrogen) atoms. The summed E-state index contributed by atoms with van der Waals surface area (Å²) in [6.45, 7) is 5.13. The minimum Gasteiger partial charge on any atom is -0.497 e. The quantitative estimate of drug-likeness (QED) is 0.649. The molecule has 156 valence electrons. The van der Waals surface area contributed by atoms with E-state index in [1.165, 1.54) is 19.3 Å². The summed E-state index contributed by atoms with van der Waals surface area (Å²) < 4.78 is 11.1. The van der Waals surface area contributed by atoms with Crippen LogP contribution in [0.4, 0.5) is 0 Å². The summed E-state index contributed by atoms with van der Waals surface area (Å²) in [6.07, 6.45) is 3.67. The van der Waals surface area contributed by atoms with E-state index < -0.39 is 0 Å². The predicted octanol–water partition coefficient (Wildman–Crippen LogP) is 4.01. The molecule has 2 aromatic carbocycles. The number of nitrogens with one attached hydrogen (secondary N) is 1. The number of hydrogen-bond donors (Lipinski definition) is 1. The molecule has 1 unspecified atom stereocenters. The Morgan fingerprint density at radius 2 is 1.76 bits per heavy atom. The van der Waals surface area contributed by atoms with Gasteiger partial charge in [0.25, 0.3) is 0 Å². The minimum absolute atomic E-state index is 0.111. The van der Waals surface area contributed by atoms with Gasteiger partial charge in [0, 0.05) is 17.7 Å². The van der Waals surface area contributed by atoms with Crippen molar-refractivity contribution < 1.29 is 14.3 Å². The largest absolute Gasteiger partial charge is 0.497 e. The van der Waals surface area contributed by atoms with Crippen LogP contribution in [0.25, 0.3) is 0 Å². The van der Waals surface area contributed by atoms with E-state index in [0.717, 1.165) is 41.3 Å². The van der Waals surface area contributed by atoms with Gasteiger partial charge in [-0.3, -0.25) is 9.69 Å². The number of aryl methyl sites for hydroxylation is 1. The Bertz CT molecular complexity index is 798. The Kier molecular flexibility index (Phi) is 7.67. The van der Waals surface area contributed by atoms with E-state index in [2.05, 4.69) is 16.3 Å². The number of likely N-dealkylation sites (tertiary alicyclic amines) is 1. The molecule has 0 spiro atoms. The van der Waals surface area contributed by atoms with Crippen molar-refractivity contribution >= 4 is 5.78 Å². The zero-order chi connectivity index (χ0) is 20.6. The summed E-state index contributed by atoms with van der Waals surface area (Å²) in [4.78, 5) is 15.0. The van der Waals surface area contributed by atoms with Gasteiger partial charge < -0.3 is 14.8 Å². The highest BCUT2D eigenvalue weighted by atomic mass is 16.5. The van der Waals surface area contributed by atoms with Gasteiger partial charge in [-0.1, -0.05) is 36.2 Å². The molecule has 1 saturated heterocycles. The van der Waals surface area contributed by atoms with Crippen LogP contribution < -0.4 is 14.8 Å². The number of carbonyl (C=O) groups excluding carboxylic acids is 1. The summed E-state index contributed by atoms with van der Waals surface area (Å²) in [5, 5.41) is 3.40. The maximum absolute atomic E-state index is 12.6. The highest BCUT2D eigenvalue weighted by molar-refractivity contribution is 5.97. The third kappa shape index (κ3) is 5.58. The van der Waals surface area contributed by atoms with Crippen molar-refractivity contribution in [3.05, 3.63) is 59.2 Å². The molecule has 1 aliphatic heterocycles. The number of piperidine rings is 1. The number of ketones is 1. The van der Waals surface area contributed by atoms with Crippen molar-refractivity contribution in [2.45, 2.75) is 32.2 Å². The second-order valence-corrected chi connectivity index (χ2v) is 7.64. The van der Waals surface area contributed by atoms with E-state index in [9.17, 15) is 4.79 Å². The summed E-state index contributed by atoms with van der Waals surface area (Å²) in [6, 6.07) is 13.8. The smallest absolute Gasteiger partial charge is 0.176 e. The third-order valence-corrected chi connectivity index (χ3v) is 5.62. The van der Waals surface area contributed by atoms with Crippen molar-refractivity contribution in [3.8, 4) is 11.5 Å². The normalized spacial score (nSPS) is 15.7. The monoisotopic (exact) mass is 396 g/mol. The molecule has 5 nitrogen and oxygen atoms in total. The molecule has 5 heteroatoms. The fourth-order valence-electron chi connectivity index (χ4n) is 3.93. The molecule has 0 aromatic heterocycles. The van der Waals surface area contributed by atoms with E-state index in [-0.39, 0.29) is 11.8 Å². The Morgan fingerprint density at radius 1 is 1.03 bits per heavy atom. The summed E-state index contributed by atoms with van der Waals surface area (Å²) >= 11 is 0. The molecular weight excluding hydrogens is 364 g/mol. The SMILES string of the molecule is COc1ccc(OC)c(C(CNCC(=O)c2ccc(C)cc2)N2CCCCC2)c1. The first-order valence-electron chi connectivity index (χ1n) is 10.4. The Balaban J connectivity index is 1.74. The molecule has 3 rings (SSSR count). The molecule has 1 aliphatic rings. The highest BCUT2D eigenvalue weighted by Crippen LogP contribution is 2.33. The molecule has 0 aliphatic carbocycles. The maximum atomic E-state index is 12.6. The molecule has 0 saturated carbocycles. The minimum atomic E-state index is 0.111. The van der Waals surface area contributed by atoms with Crippen LogP contribution in [0.1, 0.15) is 46.8 Å². The molecule has 1 N–H and O–H groups in total. The van der Waals surface area contributed by atoms with Gasteiger partial charge in [0.05, 0.1) is 26.8 Å². The van der Waals surface area contributed by atoms with Crippen molar-refractivity contribution in [1.82, 2.24) is 10.2 Å². The lowest BCUT2D eigenvalue weighted by molar-refractivity contribution is 0.0983. The van der Waals surface area contributed by atoms with Crippen LogP contribution in [-0.4, -0.2) is 51.1 Å². The molecule has 1 fully saturated rings. The molecule has 0 radical (unpaired) electrons. The number of Topliss-reactive ketones (excluding diaryl/α,β-unsaturated/α-hetero) is 1. The lowest BCUT2D eigenvalue weighted by Crippen LogP contribution is -2.40. The van der Waals surface area contributed by atoms with E-state index in [4.69, 9.17) is 9.47 Å². The van der Waals surface area contributed by atoms with E-state index in [1.807, 2.05) is 43.3 Å². The van der Waals surface area contributed by atoms with Gasteiger partial charge in [-0.25, -0.2) is 0 Å². The molecular formula is C24H32N2O3. The second-order valence-electron chi connectivity index (χ2n) is 7.64. The summed E-state index contributed by atoms with van der Waals surface area (Å²) in [5.41, 5.74) is 3.01. The lowest BCUT2D eigenvalue weighted by atomic mass is 10.00. The average molecular weight is 397 g/mol. The number of methoxy groups -OCH3 is 2. The van der Waals surface area contributed by atoms with Crippen LogP contribution in [0.15, 0.2) is 42.5 Å². The average Bonchev–Trinajstić information content (AvgIpc) is 2.77. The van der Waals surface area contributed by atoms with Crippen LogP contribution in [0, 0.1) is 6.92 Å². The predicted molar refractivity (Wildman–Crippen MR) is 116 cm³/mol. The Hall–Kier alpha value is -2.37. The summed E-state index contributed by atoms with van der Waals surface area (Å²) in [5.74, 6) is 1.78. The highest BCUT2D eigenvalue weighted by Gasteiger charge is 2.25. The van der Waals surface area contributed by atoms with Crippen LogP contribution in [-0.2, 0) is 0 Å². The summed E-state index contributed by atoms with van der Waals surface area (Å²) in [7, 11) is 3.38. The van der Waals surface area contributed by atoms with Gasteiger partial charge in [0.1, 0.15) is 11.5 Å². The molecule has 0 amide bonds. The van der Waals surface area contributed by atoms with Crippen molar-refractivity contribution in [3.63, 3.8) is 0 Å². The van der Waals surface area contributed by atoms with Crippen molar-refractivity contribution in [1.29, 1.82) is 0 Å². The van der Waals surface area contributed by atoms with Gasteiger partial charge in [-0.2, -0.15) is 0 Å². The van der Waals surface area contributed by atoms with Gasteiger partial charge in [-0.15, -0.1) is 0 Å². The number of carbonyl (C=O) groups is 1. The standard InChI is InChI=1S/C24H32N2O3/c1-18-7-9-19(10-8-18)23(27)17-25-16-22(26-13-5-4-6-14-26)21-15-20(28-2)11-12-24(21)29-3/h7-12,15,22,25H,4-6,13-14,16-17H2,1-3H3. The van der Waals surface area contributed by atoms with Gasteiger partial charge >= 0.3 is 0 Å².